The number of amides is 1. The van der Waals surface area contributed by atoms with Crippen LogP contribution in [-0.4, -0.2) is 35.0 Å². The third kappa shape index (κ3) is 3.27. The number of benzene rings is 1. The minimum Gasteiger partial charge on any atom is -0.480 e. The maximum absolute atomic E-state index is 13.7. The molecule has 5 nitrogen and oxygen atoms in total. The molecule has 0 aliphatic heterocycles. The zero-order valence-corrected chi connectivity index (χ0v) is 10.2. The van der Waals surface area contributed by atoms with Gasteiger partial charge in [0, 0.05) is 17.7 Å². The molecule has 0 aromatic heterocycles. The molecule has 1 unspecified atom stereocenters. The van der Waals surface area contributed by atoms with Crippen LogP contribution < -0.4 is 5.73 Å². The zero-order valence-electron chi connectivity index (χ0n) is 10.2. The summed E-state index contributed by atoms with van der Waals surface area (Å²) in [4.78, 5) is 23.1. The molecule has 18 heavy (non-hydrogen) atoms. The minimum atomic E-state index is -0.980. The van der Waals surface area contributed by atoms with Crippen LogP contribution in [0.3, 0.4) is 0 Å². The van der Waals surface area contributed by atoms with Crippen molar-refractivity contribution in [3.63, 3.8) is 0 Å². The maximum Gasteiger partial charge on any atom is 0.320 e. The van der Waals surface area contributed by atoms with E-state index in [0.29, 0.717) is 5.56 Å². The first-order chi connectivity index (χ1) is 8.32. The van der Waals surface area contributed by atoms with Gasteiger partial charge in [-0.2, -0.15) is 0 Å². The van der Waals surface area contributed by atoms with Crippen molar-refractivity contribution in [1.29, 1.82) is 0 Å². The number of likely N-dealkylation sites (N-methyl/N-ethyl adjacent to an activating group) is 1. The summed E-state index contributed by atoms with van der Waals surface area (Å²) in [7, 11) is 1.58. The van der Waals surface area contributed by atoms with Crippen LogP contribution in [0.4, 0.5) is 4.39 Å². The molecule has 1 atom stereocenters. The lowest BCUT2D eigenvalue weighted by molar-refractivity contribution is -0.142. The summed E-state index contributed by atoms with van der Waals surface area (Å²) < 4.78 is 13.7. The molecule has 1 aromatic rings. The summed E-state index contributed by atoms with van der Waals surface area (Å²) in [6, 6.07) is 3.18. The van der Waals surface area contributed by atoms with Crippen molar-refractivity contribution in [2.75, 3.05) is 7.05 Å². The highest BCUT2D eigenvalue weighted by molar-refractivity contribution is 5.92. The van der Waals surface area contributed by atoms with Crippen molar-refractivity contribution in [3.05, 3.63) is 35.1 Å². The van der Waals surface area contributed by atoms with Crippen molar-refractivity contribution in [1.82, 2.24) is 4.90 Å². The number of carboxylic acids is 1. The van der Waals surface area contributed by atoms with Gasteiger partial charge >= 0.3 is 5.97 Å². The summed E-state index contributed by atoms with van der Waals surface area (Å²) in [5, 5.41) is 8.82. The zero-order chi connectivity index (χ0) is 13.9. The molecule has 1 amide bonds. The normalized spacial score (nSPS) is 12.4. The monoisotopic (exact) mass is 254 g/mol. The van der Waals surface area contributed by atoms with E-state index in [1.165, 1.54) is 24.0 Å². The quantitative estimate of drug-likeness (QED) is 0.815. The number of aliphatic carboxylic acids is 1. The van der Waals surface area contributed by atoms with Crippen LogP contribution in [0, 0.1) is 5.82 Å². The second-order valence-corrected chi connectivity index (χ2v) is 4.10. The van der Waals surface area contributed by atoms with Crippen molar-refractivity contribution < 1.29 is 19.1 Å². The van der Waals surface area contributed by atoms with Gasteiger partial charge in [-0.15, -0.1) is 0 Å². The van der Waals surface area contributed by atoms with Crippen LogP contribution >= 0.6 is 0 Å². The van der Waals surface area contributed by atoms with Crippen LogP contribution in [0.25, 0.3) is 0 Å². The number of carbonyl (C=O) groups is 2. The van der Waals surface area contributed by atoms with E-state index in [4.69, 9.17) is 10.8 Å². The molecular formula is C12H15FN2O3. The predicted octanol–water partition coefficient (Wildman–Crippen LogP) is 0.830. The average Bonchev–Trinajstić information content (AvgIpc) is 2.30. The van der Waals surface area contributed by atoms with Crippen LogP contribution in [0.2, 0.25) is 0 Å². The van der Waals surface area contributed by atoms with Gasteiger partial charge in [-0.25, -0.2) is 4.39 Å². The summed E-state index contributed by atoms with van der Waals surface area (Å²) in [5.74, 6) is -2.25. The highest BCUT2D eigenvalue weighted by atomic mass is 19.1. The Morgan fingerprint density at radius 1 is 1.50 bits per heavy atom. The van der Waals surface area contributed by atoms with E-state index >= 15 is 0 Å². The van der Waals surface area contributed by atoms with Crippen LogP contribution in [0.15, 0.2) is 18.2 Å². The first kappa shape index (κ1) is 14.1. The van der Waals surface area contributed by atoms with E-state index in [9.17, 15) is 14.0 Å². The van der Waals surface area contributed by atoms with Gasteiger partial charge < -0.3 is 10.8 Å². The molecule has 6 heteroatoms. The van der Waals surface area contributed by atoms with E-state index in [0.717, 1.165) is 6.07 Å². The third-order valence-corrected chi connectivity index (χ3v) is 2.78. The second-order valence-electron chi connectivity index (χ2n) is 4.10. The Labute approximate surface area is 104 Å². The molecular weight excluding hydrogens is 239 g/mol. The lowest BCUT2D eigenvalue weighted by Gasteiger charge is -2.21. The smallest absolute Gasteiger partial charge is 0.320 e. The van der Waals surface area contributed by atoms with Gasteiger partial charge in [0.25, 0.3) is 0 Å². The number of nitrogens with two attached hydrogens (primary N) is 1. The first-order valence-electron chi connectivity index (χ1n) is 5.34. The molecule has 0 fully saturated rings. The summed E-state index contributed by atoms with van der Waals surface area (Å²) in [6.45, 7) is 1.65. The Bertz CT molecular complexity index is 476. The van der Waals surface area contributed by atoms with Crippen molar-refractivity contribution in [3.8, 4) is 0 Å². The third-order valence-electron chi connectivity index (χ3n) is 2.78. The highest BCUT2D eigenvalue weighted by Crippen LogP contribution is 2.13. The van der Waals surface area contributed by atoms with Gasteiger partial charge in [-0.1, -0.05) is 6.07 Å². The largest absolute Gasteiger partial charge is 0.480 e. The number of carbonyl (C=O) groups excluding carboxylic acids is 1. The van der Waals surface area contributed by atoms with Gasteiger partial charge in [0.05, 0.1) is 0 Å². The molecule has 0 bridgehead atoms. The van der Waals surface area contributed by atoms with Gasteiger partial charge in [0.2, 0.25) is 5.91 Å². The van der Waals surface area contributed by atoms with Crippen LogP contribution in [0.5, 0.6) is 0 Å². The Hall–Kier alpha value is -1.95. The van der Waals surface area contributed by atoms with E-state index in [1.54, 1.807) is 7.05 Å². The standard InChI is InChI=1S/C12H15FN2O3/c1-7(12(17)18)15(2)6-9-4-3-8(11(14)16)5-10(9)13/h3-5,7H,6H2,1-2H3,(H2,14,16)(H,17,18). The second kappa shape index (κ2) is 5.59. The molecule has 0 aliphatic carbocycles. The Morgan fingerprint density at radius 2 is 2.11 bits per heavy atom. The number of rotatable bonds is 5. The maximum atomic E-state index is 13.7. The number of hydrogen-bond donors (Lipinski definition) is 2. The Balaban J connectivity index is 2.86. The van der Waals surface area contributed by atoms with Crippen molar-refractivity contribution in [2.45, 2.75) is 19.5 Å². The molecule has 98 valence electrons. The van der Waals surface area contributed by atoms with E-state index in [-0.39, 0.29) is 12.1 Å². The fourth-order valence-electron chi connectivity index (χ4n) is 1.42. The minimum absolute atomic E-state index is 0.0881. The lowest BCUT2D eigenvalue weighted by atomic mass is 10.1. The fraction of sp³-hybridized carbons (Fsp3) is 0.333. The predicted molar refractivity (Wildman–Crippen MR) is 63.5 cm³/mol. The van der Waals surface area contributed by atoms with E-state index in [2.05, 4.69) is 0 Å². The SMILES string of the molecule is CC(C(=O)O)N(C)Cc1ccc(C(N)=O)cc1F. The van der Waals surface area contributed by atoms with Crippen molar-refractivity contribution >= 4 is 11.9 Å². The Kier molecular flexibility index (Phi) is 4.38. The van der Waals surface area contributed by atoms with Gasteiger partial charge in [-0.05, 0) is 26.1 Å². The summed E-state index contributed by atoms with van der Waals surface area (Å²) in [6.07, 6.45) is 0. The lowest BCUT2D eigenvalue weighted by Crippen LogP contribution is -2.35. The van der Waals surface area contributed by atoms with Gasteiger partial charge in [-0.3, -0.25) is 14.5 Å². The molecule has 0 saturated heterocycles. The van der Waals surface area contributed by atoms with Gasteiger partial charge in [0.15, 0.2) is 0 Å². The molecule has 0 spiro atoms. The highest BCUT2D eigenvalue weighted by Gasteiger charge is 2.18. The van der Waals surface area contributed by atoms with Gasteiger partial charge in [0.1, 0.15) is 11.9 Å². The van der Waals surface area contributed by atoms with E-state index in [1.807, 2.05) is 0 Å². The molecule has 0 radical (unpaired) electrons. The molecule has 1 aromatic carbocycles. The molecule has 0 aliphatic rings. The summed E-state index contributed by atoms with van der Waals surface area (Å²) in [5.41, 5.74) is 5.43. The number of primary amides is 1. The van der Waals surface area contributed by atoms with E-state index < -0.39 is 23.7 Å². The van der Waals surface area contributed by atoms with Crippen LogP contribution in [-0.2, 0) is 11.3 Å². The van der Waals surface area contributed by atoms with Crippen molar-refractivity contribution in [2.24, 2.45) is 5.73 Å². The molecule has 0 saturated carbocycles. The molecule has 0 heterocycles. The number of carboxylic acid groups (broad SMARTS) is 1. The molecule has 3 N–H and O–H groups in total. The topological polar surface area (TPSA) is 83.6 Å². The molecule has 1 rings (SSSR count). The summed E-state index contributed by atoms with van der Waals surface area (Å²) >= 11 is 0. The average molecular weight is 254 g/mol. The number of halogens is 1. The van der Waals surface area contributed by atoms with Crippen LogP contribution in [0.1, 0.15) is 22.8 Å². The number of nitrogens with zero attached hydrogens (tertiary/aromatic N) is 1. The first-order valence-corrected chi connectivity index (χ1v) is 5.34. The number of hydrogen-bond acceptors (Lipinski definition) is 3. The fourth-order valence-corrected chi connectivity index (χ4v) is 1.42. The Morgan fingerprint density at radius 3 is 2.56 bits per heavy atom.